The fraction of sp³-hybridized carbons (Fsp3) is 0.500. The maximum absolute atomic E-state index is 5.21. The lowest BCUT2D eigenvalue weighted by atomic mass is 9.96. The van der Waals surface area contributed by atoms with Crippen molar-refractivity contribution in [3.05, 3.63) is 23.8 Å². The van der Waals surface area contributed by atoms with E-state index in [4.69, 9.17) is 4.74 Å². The number of fused-ring (bicyclic) bond motifs is 1. The van der Waals surface area contributed by atoms with E-state index in [1.165, 1.54) is 24.1 Å². The second kappa shape index (κ2) is 3.91. The molecule has 1 aliphatic rings. The summed E-state index contributed by atoms with van der Waals surface area (Å²) in [4.78, 5) is 0. The summed E-state index contributed by atoms with van der Waals surface area (Å²) in [7, 11) is 1.72. The molecule has 1 aromatic carbocycles. The maximum Gasteiger partial charge on any atom is 0.119 e. The molecule has 0 saturated heterocycles. The van der Waals surface area contributed by atoms with Gasteiger partial charge in [0, 0.05) is 11.7 Å². The standard InChI is InChI=1S/C12H17NO/c1-3-10-5-4-9-8-11(14-2)6-7-12(9)13-10/h6-8,10,13H,3-5H2,1-2H3. The van der Waals surface area contributed by atoms with Crippen LogP contribution in [0.15, 0.2) is 18.2 Å². The Kier molecular flexibility index (Phi) is 2.62. The second-order valence-electron chi connectivity index (χ2n) is 3.81. The Morgan fingerprint density at radius 1 is 1.50 bits per heavy atom. The van der Waals surface area contributed by atoms with Crippen LogP contribution in [0.1, 0.15) is 25.3 Å². The van der Waals surface area contributed by atoms with Gasteiger partial charge in [-0.25, -0.2) is 0 Å². The SMILES string of the molecule is CCC1CCc2cc(OC)ccc2N1. The molecule has 0 saturated carbocycles. The Morgan fingerprint density at radius 2 is 2.36 bits per heavy atom. The summed E-state index contributed by atoms with van der Waals surface area (Å²) < 4.78 is 5.21. The number of methoxy groups -OCH3 is 1. The van der Waals surface area contributed by atoms with Crippen LogP contribution in [0, 0.1) is 0 Å². The molecule has 2 nitrogen and oxygen atoms in total. The fourth-order valence-corrected chi connectivity index (χ4v) is 1.97. The third kappa shape index (κ3) is 1.69. The first-order valence-electron chi connectivity index (χ1n) is 5.27. The van der Waals surface area contributed by atoms with Gasteiger partial charge >= 0.3 is 0 Å². The molecule has 76 valence electrons. The Hall–Kier alpha value is -1.18. The van der Waals surface area contributed by atoms with Crippen molar-refractivity contribution in [1.29, 1.82) is 0 Å². The van der Waals surface area contributed by atoms with Gasteiger partial charge in [0.25, 0.3) is 0 Å². The maximum atomic E-state index is 5.21. The lowest BCUT2D eigenvalue weighted by Crippen LogP contribution is -2.24. The van der Waals surface area contributed by atoms with Gasteiger partial charge in [-0.3, -0.25) is 0 Å². The van der Waals surface area contributed by atoms with Crippen molar-refractivity contribution in [2.75, 3.05) is 12.4 Å². The van der Waals surface area contributed by atoms with Crippen molar-refractivity contribution in [3.8, 4) is 5.75 Å². The quantitative estimate of drug-likeness (QED) is 0.776. The fourth-order valence-electron chi connectivity index (χ4n) is 1.97. The molecule has 1 N–H and O–H groups in total. The number of rotatable bonds is 2. The van der Waals surface area contributed by atoms with Crippen molar-refractivity contribution >= 4 is 5.69 Å². The molecule has 1 unspecified atom stereocenters. The summed E-state index contributed by atoms with van der Waals surface area (Å²) >= 11 is 0. The molecule has 14 heavy (non-hydrogen) atoms. The molecular formula is C12H17NO. The Bertz CT molecular complexity index is 322. The number of benzene rings is 1. The average molecular weight is 191 g/mol. The molecule has 0 aliphatic carbocycles. The number of anilines is 1. The van der Waals surface area contributed by atoms with Gasteiger partial charge in [0.15, 0.2) is 0 Å². The third-order valence-electron chi connectivity index (χ3n) is 2.93. The number of hydrogen-bond acceptors (Lipinski definition) is 2. The van der Waals surface area contributed by atoms with E-state index in [2.05, 4.69) is 24.4 Å². The van der Waals surface area contributed by atoms with Gasteiger partial charge < -0.3 is 10.1 Å². The van der Waals surface area contributed by atoms with E-state index in [1.807, 2.05) is 6.07 Å². The molecule has 0 spiro atoms. The van der Waals surface area contributed by atoms with E-state index in [0.29, 0.717) is 6.04 Å². The van der Waals surface area contributed by atoms with Gasteiger partial charge in [-0.15, -0.1) is 0 Å². The van der Waals surface area contributed by atoms with Crippen molar-refractivity contribution in [2.24, 2.45) is 0 Å². The molecule has 1 heterocycles. The van der Waals surface area contributed by atoms with Crippen molar-refractivity contribution < 1.29 is 4.74 Å². The minimum Gasteiger partial charge on any atom is -0.497 e. The normalized spacial score (nSPS) is 19.7. The highest BCUT2D eigenvalue weighted by molar-refractivity contribution is 5.56. The van der Waals surface area contributed by atoms with E-state index in [1.54, 1.807) is 7.11 Å². The van der Waals surface area contributed by atoms with Gasteiger partial charge in [0.05, 0.1) is 7.11 Å². The number of hydrogen-bond donors (Lipinski definition) is 1. The second-order valence-corrected chi connectivity index (χ2v) is 3.81. The molecule has 0 fully saturated rings. The van der Waals surface area contributed by atoms with Gasteiger partial charge in [0.2, 0.25) is 0 Å². The Balaban J connectivity index is 2.23. The van der Waals surface area contributed by atoms with Crippen LogP contribution in [0.5, 0.6) is 5.75 Å². The minimum atomic E-state index is 0.649. The molecule has 2 heteroatoms. The van der Waals surface area contributed by atoms with E-state index < -0.39 is 0 Å². The van der Waals surface area contributed by atoms with Crippen LogP contribution in [0.2, 0.25) is 0 Å². The van der Waals surface area contributed by atoms with Crippen LogP contribution >= 0.6 is 0 Å². The molecule has 0 radical (unpaired) electrons. The molecule has 0 bridgehead atoms. The van der Waals surface area contributed by atoms with E-state index in [9.17, 15) is 0 Å². The lowest BCUT2D eigenvalue weighted by molar-refractivity contribution is 0.414. The first-order valence-corrected chi connectivity index (χ1v) is 5.27. The number of aryl methyl sites for hydroxylation is 1. The molecule has 1 aliphatic heterocycles. The molecule has 0 amide bonds. The molecule has 1 aromatic rings. The van der Waals surface area contributed by atoms with Crippen LogP contribution in [-0.4, -0.2) is 13.2 Å². The van der Waals surface area contributed by atoms with Gasteiger partial charge in [-0.1, -0.05) is 6.92 Å². The van der Waals surface area contributed by atoms with Crippen LogP contribution < -0.4 is 10.1 Å². The Labute approximate surface area is 85.3 Å². The largest absolute Gasteiger partial charge is 0.497 e. The highest BCUT2D eigenvalue weighted by Crippen LogP contribution is 2.29. The zero-order valence-electron chi connectivity index (χ0n) is 8.84. The summed E-state index contributed by atoms with van der Waals surface area (Å²) in [6.45, 7) is 2.23. The summed E-state index contributed by atoms with van der Waals surface area (Å²) in [6, 6.07) is 6.92. The lowest BCUT2D eigenvalue weighted by Gasteiger charge is -2.26. The predicted octanol–water partition coefficient (Wildman–Crippen LogP) is 2.83. The first kappa shape index (κ1) is 9.38. The topological polar surface area (TPSA) is 21.3 Å². The molecule has 2 rings (SSSR count). The highest BCUT2D eigenvalue weighted by Gasteiger charge is 2.15. The Morgan fingerprint density at radius 3 is 3.07 bits per heavy atom. The van der Waals surface area contributed by atoms with E-state index in [0.717, 1.165) is 12.2 Å². The molecule has 0 aromatic heterocycles. The van der Waals surface area contributed by atoms with E-state index >= 15 is 0 Å². The molecular weight excluding hydrogens is 174 g/mol. The van der Waals surface area contributed by atoms with Crippen molar-refractivity contribution in [1.82, 2.24) is 0 Å². The van der Waals surface area contributed by atoms with Crippen LogP contribution in [-0.2, 0) is 6.42 Å². The summed E-state index contributed by atoms with van der Waals surface area (Å²) in [5.74, 6) is 0.959. The summed E-state index contributed by atoms with van der Waals surface area (Å²) in [5.41, 5.74) is 2.66. The van der Waals surface area contributed by atoms with Crippen LogP contribution in [0.4, 0.5) is 5.69 Å². The number of ether oxygens (including phenoxy) is 1. The summed E-state index contributed by atoms with van der Waals surface area (Å²) in [5, 5.41) is 3.54. The third-order valence-corrected chi connectivity index (χ3v) is 2.93. The van der Waals surface area contributed by atoms with Crippen LogP contribution in [0.25, 0.3) is 0 Å². The minimum absolute atomic E-state index is 0.649. The summed E-state index contributed by atoms with van der Waals surface area (Å²) in [6.07, 6.45) is 3.60. The average Bonchev–Trinajstić information content (AvgIpc) is 2.27. The zero-order valence-corrected chi connectivity index (χ0v) is 8.84. The van der Waals surface area contributed by atoms with Crippen molar-refractivity contribution in [3.63, 3.8) is 0 Å². The number of nitrogens with one attached hydrogen (secondary N) is 1. The monoisotopic (exact) mass is 191 g/mol. The predicted molar refractivity (Wildman–Crippen MR) is 59.0 cm³/mol. The highest BCUT2D eigenvalue weighted by atomic mass is 16.5. The van der Waals surface area contributed by atoms with Gasteiger partial charge in [-0.05, 0) is 43.0 Å². The molecule has 1 atom stereocenters. The van der Waals surface area contributed by atoms with Gasteiger partial charge in [-0.2, -0.15) is 0 Å². The van der Waals surface area contributed by atoms with E-state index in [-0.39, 0.29) is 0 Å². The first-order chi connectivity index (χ1) is 6.83. The smallest absolute Gasteiger partial charge is 0.119 e. The van der Waals surface area contributed by atoms with Crippen LogP contribution in [0.3, 0.4) is 0 Å². The van der Waals surface area contributed by atoms with Crippen molar-refractivity contribution in [2.45, 2.75) is 32.2 Å². The zero-order chi connectivity index (χ0) is 9.97. The van der Waals surface area contributed by atoms with Gasteiger partial charge in [0.1, 0.15) is 5.75 Å².